The monoisotopic (exact) mass is 484 g/mol. The normalized spacial score (nSPS) is 36.9. The number of carbonyl (C=O) groups excluding carboxylic acids is 3. The summed E-state index contributed by atoms with van der Waals surface area (Å²) in [5.41, 5.74) is -4.96. The zero-order valence-electron chi connectivity index (χ0n) is 23.3. The molecule has 194 valence electrons. The number of rotatable bonds is 8. The summed E-state index contributed by atoms with van der Waals surface area (Å²) in [6.07, 6.45) is 7.04. The molecule has 0 radical (unpaired) electrons. The maximum Gasteiger partial charge on any atom is 0.190 e. The summed E-state index contributed by atoms with van der Waals surface area (Å²) >= 11 is 0. The van der Waals surface area contributed by atoms with Gasteiger partial charge in [-0.25, -0.2) is 0 Å². The number of hydrogen-bond donors (Lipinski definition) is 1. The molecule has 4 bridgehead atoms. The zero-order valence-corrected chi connectivity index (χ0v) is 23.3. The third-order valence-corrected chi connectivity index (χ3v) is 8.73. The van der Waals surface area contributed by atoms with Gasteiger partial charge in [-0.15, -0.1) is 0 Å². The van der Waals surface area contributed by atoms with Crippen molar-refractivity contribution in [2.45, 2.75) is 112 Å². The number of fused-ring (bicyclic) bond motifs is 1. The van der Waals surface area contributed by atoms with E-state index in [1.54, 1.807) is 27.7 Å². The van der Waals surface area contributed by atoms with E-state index in [4.69, 9.17) is 4.74 Å². The third-order valence-electron chi connectivity index (χ3n) is 8.73. The van der Waals surface area contributed by atoms with Gasteiger partial charge in [0.1, 0.15) is 5.60 Å². The van der Waals surface area contributed by atoms with E-state index in [1.807, 2.05) is 53.7 Å². The van der Waals surface area contributed by atoms with Crippen LogP contribution in [-0.2, 0) is 19.1 Å². The Morgan fingerprint density at radius 2 is 1.46 bits per heavy atom. The Hall–Kier alpha value is -1.85. The second-order valence-electron chi connectivity index (χ2n) is 12.6. The first-order valence-corrected chi connectivity index (χ1v) is 12.9. The summed E-state index contributed by atoms with van der Waals surface area (Å²) in [4.78, 5) is 42.9. The minimum absolute atomic E-state index is 0.0750. The van der Waals surface area contributed by atoms with Crippen molar-refractivity contribution in [3.8, 4) is 0 Å². The number of aliphatic hydroxyl groups is 1. The number of allylic oxidation sites excluding steroid dienone is 5. The summed E-state index contributed by atoms with van der Waals surface area (Å²) in [6.45, 7) is 18.8. The molecule has 0 spiro atoms. The zero-order chi connectivity index (χ0) is 26.8. The van der Waals surface area contributed by atoms with Crippen LogP contribution in [0.15, 0.2) is 34.9 Å². The molecule has 2 saturated carbocycles. The molecule has 1 N–H and O–H groups in total. The summed E-state index contributed by atoms with van der Waals surface area (Å²) in [5.74, 6) is -1.86. The van der Waals surface area contributed by atoms with Crippen molar-refractivity contribution in [1.29, 1.82) is 0 Å². The highest BCUT2D eigenvalue weighted by Gasteiger charge is 2.92. The average Bonchev–Trinajstić information content (AvgIpc) is 2.92. The fraction of sp³-hybridized carbons (Fsp3) is 0.700. The lowest BCUT2D eigenvalue weighted by molar-refractivity contribution is -0.319. The maximum atomic E-state index is 14.5. The Balaban J connectivity index is 2.47. The standard InChI is InChI=1S/C30H44O5/c1-18(2)11-12-22-17-27(15-13-19(3)4)25(33)28(16-14-20(5)6)24(32)26(9,10)30(27,34)29(22,35-28)23(31)21(7)8/h11,13-14,21-22,34H,12,15-17H2,1-10H3/t22-,27+,28-,29+,30+/m0/s1. The Morgan fingerprint density at radius 3 is 1.94 bits per heavy atom. The second-order valence-corrected chi connectivity index (χ2v) is 12.6. The molecule has 0 unspecified atom stereocenters. The van der Waals surface area contributed by atoms with Crippen molar-refractivity contribution < 1.29 is 24.2 Å². The van der Waals surface area contributed by atoms with Crippen LogP contribution in [0.3, 0.4) is 0 Å². The molecule has 4 aliphatic rings. The average molecular weight is 485 g/mol. The van der Waals surface area contributed by atoms with E-state index in [1.165, 1.54) is 0 Å². The number of Topliss-reactive ketones (excluding diaryl/α,β-unsaturated/α-hetero) is 3. The van der Waals surface area contributed by atoms with Gasteiger partial charge in [-0.05, 0) is 74.7 Å². The van der Waals surface area contributed by atoms with Crippen molar-refractivity contribution in [1.82, 2.24) is 0 Å². The van der Waals surface area contributed by atoms with Gasteiger partial charge >= 0.3 is 0 Å². The van der Waals surface area contributed by atoms with E-state index in [0.717, 1.165) is 16.7 Å². The van der Waals surface area contributed by atoms with Crippen LogP contribution in [0.4, 0.5) is 0 Å². The Morgan fingerprint density at radius 1 is 0.943 bits per heavy atom. The van der Waals surface area contributed by atoms with Crippen LogP contribution >= 0.6 is 0 Å². The van der Waals surface area contributed by atoms with Crippen LogP contribution in [0.1, 0.15) is 94.9 Å². The van der Waals surface area contributed by atoms with Crippen LogP contribution in [0, 0.1) is 22.7 Å². The predicted molar refractivity (Wildman–Crippen MR) is 138 cm³/mol. The van der Waals surface area contributed by atoms with Crippen molar-refractivity contribution in [2.24, 2.45) is 22.7 Å². The fourth-order valence-corrected chi connectivity index (χ4v) is 7.13. The molecule has 5 heteroatoms. The molecule has 5 nitrogen and oxygen atoms in total. The number of hydrogen-bond acceptors (Lipinski definition) is 5. The highest BCUT2D eigenvalue weighted by molar-refractivity contribution is 6.21. The lowest BCUT2D eigenvalue weighted by Crippen LogP contribution is -2.88. The molecule has 0 aromatic heterocycles. The highest BCUT2D eigenvalue weighted by Crippen LogP contribution is 2.75. The fourth-order valence-electron chi connectivity index (χ4n) is 7.13. The van der Waals surface area contributed by atoms with Gasteiger partial charge in [-0.2, -0.15) is 0 Å². The van der Waals surface area contributed by atoms with Crippen LogP contribution in [0.25, 0.3) is 0 Å². The first kappa shape index (κ1) is 27.7. The van der Waals surface area contributed by atoms with Crippen LogP contribution < -0.4 is 0 Å². The Kier molecular flexibility index (Phi) is 6.83. The molecule has 4 rings (SSSR count). The minimum atomic E-state index is -1.96. The quantitative estimate of drug-likeness (QED) is 0.353. The molecule has 4 fully saturated rings. The molecule has 0 amide bonds. The van der Waals surface area contributed by atoms with Gasteiger partial charge in [0.25, 0.3) is 0 Å². The number of ketones is 3. The van der Waals surface area contributed by atoms with Crippen LogP contribution in [0.2, 0.25) is 0 Å². The van der Waals surface area contributed by atoms with Crippen LogP contribution in [0.5, 0.6) is 0 Å². The van der Waals surface area contributed by atoms with E-state index >= 15 is 0 Å². The molecular formula is C30H44O5. The number of carbonyl (C=O) groups is 3. The summed E-state index contributed by atoms with van der Waals surface area (Å²) in [5, 5.41) is 12.9. The van der Waals surface area contributed by atoms with Crippen molar-refractivity contribution in [2.75, 3.05) is 0 Å². The molecular weight excluding hydrogens is 440 g/mol. The third kappa shape index (κ3) is 3.37. The summed E-state index contributed by atoms with van der Waals surface area (Å²) in [7, 11) is 0. The lowest BCUT2D eigenvalue weighted by atomic mass is 9.42. The molecule has 35 heavy (non-hydrogen) atoms. The van der Waals surface area contributed by atoms with E-state index in [2.05, 4.69) is 6.08 Å². The Labute approximate surface area is 211 Å². The van der Waals surface area contributed by atoms with Crippen molar-refractivity contribution >= 4 is 17.3 Å². The van der Waals surface area contributed by atoms with Gasteiger partial charge in [0.15, 0.2) is 28.6 Å². The second kappa shape index (κ2) is 8.62. The van der Waals surface area contributed by atoms with Gasteiger partial charge in [0, 0.05) is 18.3 Å². The predicted octanol–water partition coefficient (Wildman–Crippen LogP) is 5.70. The van der Waals surface area contributed by atoms with E-state index < -0.39 is 45.3 Å². The van der Waals surface area contributed by atoms with Crippen molar-refractivity contribution in [3.05, 3.63) is 34.9 Å². The van der Waals surface area contributed by atoms with E-state index in [-0.39, 0.29) is 24.4 Å². The number of ether oxygens (including phenoxy) is 1. The molecule has 2 saturated heterocycles. The molecule has 2 aliphatic carbocycles. The topological polar surface area (TPSA) is 80.7 Å². The molecule has 2 aliphatic heterocycles. The van der Waals surface area contributed by atoms with Crippen molar-refractivity contribution in [3.63, 3.8) is 0 Å². The van der Waals surface area contributed by atoms with E-state index in [0.29, 0.717) is 12.8 Å². The van der Waals surface area contributed by atoms with Gasteiger partial charge in [0.05, 0.1) is 10.8 Å². The Bertz CT molecular complexity index is 1030. The minimum Gasteiger partial charge on any atom is -0.384 e. The molecule has 0 aromatic carbocycles. The summed E-state index contributed by atoms with van der Waals surface area (Å²) in [6, 6.07) is 0. The lowest BCUT2D eigenvalue weighted by Gasteiger charge is -2.68. The smallest absolute Gasteiger partial charge is 0.190 e. The largest absolute Gasteiger partial charge is 0.384 e. The summed E-state index contributed by atoms with van der Waals surface area (Å²) < 4.78 is 6.67. The van der Waals surface area contributed by atoms with Gasteiger partial charge in [-0.3, -0.25) is 14.4 Å². The highest BCUT2D eigenvalue weighted by atomic mass is 16.6. The molecule has 2 heterocycles. The molecule has 5 atom stereocenters. The van der Waals surface area contributed by atoms with Gasteiger partial charge < -0.3 is 9.84 Å². The van der Waals surface area contributed by atoms with E-state index in [9.17, 15) is 19.5 Å². The first-order valence-electron chi connectivity index (χ1n) is 12.9. The molecule has 0 aromatic rings. The van der Waals surface area contributed by atoms with Crippen LogP contribution in [-0.4, -0.2) is 39.3 Å². The SMILES string of the molecule is CC(C)=CC[C@H]1C[C@]2(CC=C(C)C)C(=O)[C@@]3(CC=C(C)C)O[C@]1(C(=O)C(C)C)[C@@]2(O)C(C)(C)C3=O. The maximum absolute atomic E-state index is 14.5. The first-order chi connectivity index (χ1) is 16.0. The van der Waals surface area contributed by atoms with Gasteiger partial charge in [0.2, 0.25) is 0 Å². The van der Waals surface area contributed by atoms with Gasteiger partial charge in [-0.1, -0.05) is 48.8 Å².